The normalized spacial score (nSPS) is 11.0. The maximum absolute atomic E-state index is 13.4. The van der Waals surface area contributed by atoms with Gasteiger partial charge in [-0.15, -0.1) is 11.3 Å². The Bertz CT molecular complexity index is 1640. The molecule has 5 aromatic rings. The molecule has 8 nitrogen and oxygen atoms in total. The fraction of sp³-hybridized carbons (Fsp3) is 0.179. The summed E-state index contributed by atoms with van der Waals surface area (Å²) >= 11 is 1.43. The van der Waals surface area contributed by atoms with Crippen molar-refractivity contribution in [2.75, 3.05) is 21.3 Å². The lowest BCUT2D eigenvalue weighted by molar-refractivity contribution is 0.0732. The fourth-order valence-corrected chi connectivity index (χ4v) is 5.03. The highest BCUT2D eigenvalue weighted by Gasteiger charge is 2.21. The Kier molecular flexibility index (Phi) is 6.54. The zero-order chi connectivity index (χ0) is 26.1. The summed E-state index contributed by atoms with van der Waals surface area (Å²) in [5, 5.41) is 0.981. The first-order valence-electron chi connectivity index (χ1n) is 11.4. The van der Waals surface area contributed by atoms with Crippen molar-refractivity contribution in [3.8, 4) is 33.6 Å². The van der Waals surface area contributed by atoms with Crippen LogP contribution < -0.4 is 24.4 Å². The van der Waals surface area contributed by atoms with Crippen LogP contribution in [0.1, 0.15) is 22.8 Å². The van der Waals surface area contributed by atoms with Gasteiger partial charge in [0.2, 0.25) is 11.2 Å². The molecule has 0 spiro atoms. The number of thiazole rings is 1. The van der Waals surface area contributed by atoms with E-state index in [1.54, 1.807) is 12.1 Å². The van der Waals surface area contributed by atoms with Crippen molar-refractivity contribution in [1.29, 1.82) is 0 Å². The van der Waals surface area contributed by atoms with Crippen LogP contribution in [0.2, 0.25) is 0 Å². The number of aryl methyl sites for hydroxylation is 1. The molecule has 0 aliphatic heterocycles. The summed E-state index contributed by atoms with van der Waals surface area (Å²) in [4.78, 5) is 31.0. The van der Waals surface area contributed by atoms with Gasteiger partial charge in [-0.3, -0.25) is 4.79 Å². The number of hydrogen-bond acceptors (Lipinski definition) is 9. The lowest BCUT2D eigenvalue weighted by Gasteiger charge is -2.14. The minimum atomic E-state index is -0.623. The van der Waals surface area contributed by atoms with Gasteiger partial charge in [0.1, 0.15) is 22.6 Å². The number of rotatable bonds is 7. The maximum Gasteiger partial charge on any atom is 0.343 e. The van der Waals surface area contributed by atoms with Gasteiger partial charge in [0.15, 0.2) is 11.5 Å². The number of nitrogens with zero attached hydrogens (tertiary/aromatic N) is 1. The Morgan fingerprint density at radius 2 is 1.70 bits per heavy atom. The van der Waals surface area contributed by atoms with E-state index in [1.807, 2.05) is 31.2 Å². The molecule has 188 valence electrons. The second-order valence-corrected chi connectivity index (χ2v) is 9.11. The van der Waals surface area contributed by atoms with E-state index in [9.17, 15) is 9.59 Å². The minimum Gasteiger partial charge on any atom is -0.493 e. The third-order valence-corrected chi connectivity index (χ3v) is 7.03. The van der Waals surface area contributed by atoms with E-state index in [-0.39, 0.29) is 11.0 Å². The molecule has 0 unspecified atom stereocenters. The van der Waals surface area contributed by atoms with Crippen LogP contribution in [-0.2, 0) is 6.42 Å². The molecule has 0 radical (unpaired) electrons. The van der Waals surface area contributed by atoms with Crippen LogP contribution in [0, 0.1) is 0 Å². The van der Waals surface area contributed by atoms with Crippen LogP contribution in [0.15, 0.2) is 64.0 Å². The highest BCUT2D eigenvalue weighted by atomic mass is 32.1. The SMILES string of the molecule is CCc1cc2c(=O)c(-c3nc4ccccc4s3)coc2cc1OC(=O)c1cc(OC)c(OC)c(OC)c1. The summed E-state index contributed by atoms with van der Waals surface area (Å²) in [6.45, 7) is 1.91. The first kappa shape index (κ1) is 24.3. The smallest absolute Gasteiger partial charge is 0.343 e. The van der Waals surface area contributed by atoms with Crippen LogP contribution >= 0.6 is 11.3 Å². The predicted molar refractivity (Wildman–Crippen MR) is 142 cm³/mol. The molecule has 2 heterocycles. The molecule has 0 amide bonds. The van der Waals surface area contributed by atoms with Crippen molar-refractivity contribution in [2.45, 2.75) is 13.3 Å². The Morgan fingerprint density at radius 3 is 2.35 bits per heavy atom. The zero-order valence-electron chi connectivity index (χ0n) is 20.6. The van der Waals surface area contributed by atoms with Gasteiger partial charge < -0.3 is 23.4 Å². The van der Waals surface area contributed by atoms with Gasteiger partial charge >= 0.3 is 5.97 Å². The number of ether oxygens (including phenoxy) is 4. The van der Waals surface area contributed by atoms with Gasteiger partial charge in [0, 0.05) is 6.07 Å². The molecule has 0 bridgehead atoms. The number of hydrogen-bond donors (Lipinski definition) is 0. The summed E-state index contributed by atoms with van der Waals surface area (Å²) in [5.74, 6) is 0.700. The van der Waals surface area contributed by atoms with Crippen molar-refractivity contribution in [3.05, 3.63) is 76.1 Å². The maximum atomic E-state index is 13.4. The molecular formula is C28H23NO7S. The second kappa shape index (κ2) is 9.94. The molecule has 3 aromatic carbocycles. The van der Waals surface area contributed by atoms with Gasteiger partial charge in [0.25, 0.3) is 0 Å². The number of esters is 1. The van der Waals surface area contributed by atoms with E-state index in [1.165, 1.54) is 51.1 Å². The minimum absolute atomic E-state index is 0.197. The highest BCUT2D eigenvalue weighted by Crippen LogP contribution is 2.39. The zero-order valence-corrected chi connectivity index (χ0v) is 21.4. The molecule has 0 N–H and O–H groups in total. The molecule has 0 atom stereocenters. The average Bonchev–Trinajstić information content (AvgIpc) is 3.36. The molecule has 0 fully saturated rings. The monoisotopic (exact) mass is 517 g/mol. The number of carbonyl (C=O) groups is 1. The van der Waals surface area contributed by atoms with Crippen molar-refractivity contribution >= 4 is 38.5 Å². The number of fused-ring (bicyclic) bond motifs is 2. The van der Waals surface area contributed by atoms with E-state index < -0.39 is 5.97 Å². The summed E-state index contributed by atoms with van der Waals surface area (Å²) in [6.07, 6.45) is 1.93. The van der Waals surface area contributed by atoms with E-state index in [2.05, 4.69) is 4.98 Å². The third kappa shape index (κ3) is 4.38. The molecule has 37 heavy (non-hydrogen) atoms. The van der Waals surface area contributed by atoms with Crippen molar-refractivity contribution in [1.82, 2.24) is 4.98 Å². The number of methoxy groups -OCH3 is 3. The van der Waals surface area contributed by atoms with Crippen molar-refractivity contribution in [2.24, 2.45) is 0 Å². The van der Waals surface area contributed by atoms with Crippen molar-refractivity contribution < 1.29 is 28.2 Å². The van der Waals surface area contributed by atoms with Crippen LogP contribution in [0.25, 0.3) is 31.8 Å². The average molecular weight is 518 g/mol. The molecule has 0 saturated carbocycles. The topological polar surface area (TPSA) is 97.1 Å². The van der Waals surface area contributed by atoms with Crippen LogP contribution in [0.5, 0.6) is 23.0 Å². The summed E-state index contributed by atoms with van der Waals surface area (Å²) in [5.41, 5.74) is 2.21. The Balaban J connectivity index is 1.53. The largest absolute Gasteiger partial charge is 0.493 e. The Hall–Kier alpha value is -4.37. The van der Waals surface area contributed by atoms with Crippen LogP contribution in [0.4, 0.5) is 0 Å². The van der Waals surface area contributed by atoms with Crippen LogP contribution in [-0.4, -0.2) is 32.3 Å². The number of benzene rings is 3. The van der Waals surface area contributed by atoms with E-state index in [4.69, 9.17) is 23.4 Å². The van der Waals surface area contributed by atoms with Gasteiger partial charge in [-0.1, -0.05) is 19.1 Å². The molecule has 2 aromatic heterocycles. The van der Waals surface area contributed by atoms with E-state index in [0.29, 0.717) is 56.5 Å². The first-order chi connectivity index (χ1) is 18.0. The summed E-state index contributed by atoms with van der Waals surface area (Å²) in [7, 11) is 4.42. The first-order valence-corrected chi connectivity index (χ1v) is 12.3. The number of aromatic nitrogens is 1. The molecule has 0 aliphatic carbocycles. The van der Waals surface area contributed by atoms with Gasteiger partial charge in [-0.05, 0) is 42.3 Å². The van der Waals surface area contributed by atoms with Gasteiger partial charge in [-0.2, -0.15) is 0 Å². The molecule has 5 rings (SSSR count). The summed E-state index contributed by atoms with van der Waals surface area (Å²) < 4.78 is 28.5. The lowest BCUT2D eigenvalue weighted by atomic mass is 10.1. The van der Waals surface area contributed by atoms with E-state index in [0.717, 1.165) is 10.2 Å². The van der Waals surface area contributed by atoms with Gasteiger partial charge in [-0.25, -0.2) is 9.78 Å². The Morgan fingerprint density at radius 1 is 0.973 bits per heavy atom. The fourth-order valence-electron chi connectivity index (χ4n) is 4.07. The molecule has 0 aliphatic rings. The number of para-hydroxylation sites is 1. The third-order valence-electron chi connectivity index (χ3n) is 5.96. The quantitative estimate of drug-likeness (QED) is 0.195. The van der Waals surface area contributed by atoms with E-state index >= 15 is 0 Å². The predicted octanol–water partition coefficient (Wildman–Crippen LogP) is 5.88. The second-order valence-electron chi connectivity index (χ2n) is 8.08. The molecule has 0 saturated heterocycles. The highest BCUT2D eigenvalue weighted by molar-refractivity contribution is 7.21. The van der Waals surface area contributed by atoms with Gasteiger partial charge in [0.05, 0.1) is 48.1 Å². The summed E-state index contributed by atoms with van der Waals surface area (Å²) in [6, 6.07) is 14.0. The molecule has 9 heteroatoms. The molecular weight excluding hydrogens is 494 g/mol. The number of carbonyl (C=O) groups excluding carboxylic acids is 1. The van der Waals surface area contributed by atoms with Crippen LogP contribution in [0.3, 0.4) is 0 Å². The lowest BCUT2D eigenvalue weighted by Crippen LogP contribution is -2.12. The standard InChI is InChI=1S/C28H23NO7S/c1-5-15-10-17-21(35-14-18(25(17)30)27-29-19-8-6-7-9-24(19)37-27)13-20(15)36-28(31)16-11-22(32-2)26(34-4)23(12-16)33-3/h6-14H,5H2,1-4H3. The van der Waals surface area contributed by atoms with Crippen molar-refractivity contribution in [3.63, 3.8) is 0 Å². The Labute approximate surface area is 216 Å².